The van der Waals surface area contributed by atoms with Crippen LogP contribution in [0.3, 0.4) is 0 Å². The monoisotopic (exact) mass is 330 g/mol. The average Bonchev–Trinajstić information content (AvgIpc) is 2.29. The first-order chi connectivity index (χ1) is 8.09. The molecule has 0 aliphatic carbocycles. The van der Waals surface area contributed by atoms with Gasteiger partial charge in [0, 0.05) is 19.8 Å². The van der Waals surface area contributed by atoms with Gasteiger partial charge in [0.2, 0.25) is 0 Å². The highest BCUT2D eigenvalue weighted by molar-refractivity contribution is 9.10. The van der Waals surface area contributed by atoms with Crippen molar-refractivity contribution in [3.63, 3.8) is 0 Å². The molecule has 17 heavy (non-hydrogen) atoms. The summed E-state index contributed by atoms with van der Waals surface area (Å²) in [5.41, 5.74) is 0. The van der Waals surface area contributed by atoms with E-state index in [1.807, 2.05) is 24.3 Å². The minimum absolute atomic E-state index is 0.0297. The number of hydrogen-bond acceptors (Lipinski definition) is 2. The molecular weight excluding hydrogens is 324 g/mol. The summed E-state index contributed by atoms with van der Waals surface area (Å²) in [4.78, 5) is 11.5. The van der Waals surface area contributed by atoms with Crippen LogP contribution in [-0.2, 0) is 4.79 Å². The van der Waals surface area contributed by atoms with Gasteiger partial charge in [0.1, 0.15) is 0 Å². The van der Waals surface area contributed by atoms with Crippen LogP contribution in [0, 0.1) is 0 Å². The maximum atomic E-state index is 10.6. The van der Waals surface area contributed by atoms with Crippen molar-refractivity contribution in [3.05, 3.63) is 39.8 Å². The van der Waals surface area contributed by atoms with Crippen molar-refractivity contribution in [2.45, 2.75) is 4.90 Å². The third-order valence-corrected chi connectivity index (χ3v) is 4.30. The quantitative estimate of drug-likeness (QED) is 0.845. The summed E-state index contributed by atoms with van der Waals surface area (Å²) in [7, 11) is 0. The van der Waals surface area contributed by atoms with Gasteiger partial charge in [0.25, 0.3) is 0 Å². The van der Waals surface area contributed by atoms with Crippen LogP contribution >= 0.6 is 39.3 Å². The van der Waals surface area contributed by atoms with E-state index in [1.165, 1.54) is 11.8 Å². The highest BCUT2D eigenvalue weighted by Crippen LogP contribution is 2.36. The van der Waals surface area contributed by atoms with Crippen molar-refractivity contribution < 1.29 is 9.90 Å². The lowest BCUT2D eigenvalue weighted by molar-refractivity contribution is -0.133. The number of fused-ring (bicyclic) bond motifs is 1. The molecule has 0 aromatic heterocycles. The van der Waals surface area contributed by atoms with Crippen LogP contribution in [0.25, 0.3) is 10.8 Å². The van der Waals surface area contributed by atoms with E-state index in [-0.39, 0.29) is 5.75 Å². The van der Waals surface area contributed by atoms with Crippen molar-refractivity contribution in [2.24, 2.45) is 0 Å². The zero-order chi connectivity index (χ0) is 12.4. The Morgan fingerprint density at radius 2 is 2.12 bits per heavy atom. The fourth-order valence-electron chi connectivity index (χ4n) is 1.56. The smallest absolute Gasteiger partial charge is 0.313 e. The van der Waals surface area contributed by atoms with Crippen molar-refractivity contribution in [1.82, 2.24) is 0 Å². The third-order valence-electron chi connectivity index (χ3n) is 2.25. The van der Waals surface area contributed by atoms with Gasteiger partial charge in [0.15, 0.2) is 0 Å². The standard InChI is InChI=1S/C12H8BrClO2S/c13-8-4-5-10(17-6-11(15)16)12-7(8)2-1-3-9(12)14/h1-5H,6H2,(H,15,16). The average molecular weight is 332 g/mol. The molecule has 1 N–H and O–H groups in total. The summed E-state index contributed by atoms with van der Waals surface area (Å²) >= 11 is 10.9. The Hall–Kier alpha value is -0.710. The number of aliphatic carboxylic acids is 1. The minimum Gasteiger partial charge on any atom is -0.481 e. The predicted octanol–water partition coefficient (Wildman–Crippen LogP) is 4.43. The molecule has 0 unspecified atom stereocenters. The van der Waals surface area contributed by atoms with Crippen molar-refractivity contribution in [2.75, 3.05) is 5.75 Å². The Morgan fingerprint density at radius 3 is 2.82 bits per heavy atom. The molecule has 88 valence electrons. The molecule has 0 saturated heterocycles. The van der Waals surface area contributed by atoms with E-state index in [4.69, 9.17) is 16.7 Å². The van der Waals surface area contributed by atoms with Crippen LogP contribution in [0.5, 0.6) is 0 Å². The van der Waals surface area contributed by atoms with E-state index < -0.39 is 5.97 Å². The Balaban J connectivity index is 2.56. The fraction of sp³-hybridized carbons (Fsp3) is 0.0833. The Bertz CT molecular complexity index is 586. The van der Waals surface area contributed by atoms with Gasteiger partial charge in [-0.25, -0.2) is 0 Å². The molecule has 2 nitrogen and oxygen atoms in total. The topological polar surface area (TPSA) is 37.3 Å². The van der Waals surface area contributed by atoms with Gasteiger partial charge in [-0.3, -0.25) is 4.79 Å². The largest absolute Gasteiger partial charge is 0.481 e. The van der Waals surface area contributed by atoms with Crippen LogP contribution in [0.15, 0.2) is 39.7 Å². The number of thioether (sulfide) groups is 1. The van der Waals surface area contributed by atoms with Gasteiger partial charge in [0.05, 0.1) is 5.75 Å². The lowest BCUT2D eigenvalue weighted by atomic mass is 10.1. The normalized spacial score (nSPS) is 10.7. The molecule has 0 radical (unpaired) electrons. The molecule has 0 aliphatic heterocycles. The van der Waals surface area contributed by atoms with Gasteiger partial charge in [-0.05, 0) is 23.6 Å². The molecule has 0 fully saturated rings. The molecule has 2 aromatic rings. The number of halogens is 2. The van der Waals surface area contributed by atoms with Crippen molar-refractivity contribution in [1.29, 1.82) is 0 Å². The Morgan fingerprint density at radius 1 is 1.35 bits per heavy atom. The van der Waals surface area contributed by atoms with E-state index in [9.17, 15) is 4.79 Å². The molecular formula is C12H8BrClO2S. The van der Waals surface area contributed by atoms with E-state index >= 15 is 0 Å². The van der Waals surface area contributed by atoms with Crippen molar-refractivity contribution in [3.8, 4) is 0 Å². The molecule has 2 rings (SSSR count). The van der Waals surface area contributed by atoms with Gasteiger partial charge in [-0.1, -0.05) is 39.7 Å². The molecule has 0 amide bonds. The maximum absolute atomic E-state index is 10.6. The van der Waals surface area contributed by atoms with E-state index in [0.29, 0.717) is 5.02 Å². The van der Waals surface area contributed by atoms with Crippen LogP contribution in [0.4, 0.5) is 0 Å². The minimum atomic E-state index is -0.835. The highest BCUT2D eigenvalue weighted by Gasteiger charge is 2.09. The van der Waals surface area contributed by atoms with Crippen LogP contribution in [0.2, 0.25) is 5.02 Å². The van der Waals surface area contributed by atoms with E-state index in [0.717, 1.165) is 20.1 Å². The first kappa shape index (κ1) is 12.7. The first-order valence-corrected chi connectivity index (χ1v) is 6.96. The first-order valence-electron chi connectivity index (χ1n) is 4.81. The second kappa shape index (κ2) is 5.29. The zero-order valence-electron chi connectivity index (χ0n) is 8.61. The number of hydrogen-bond donors (Lipinski definition) is 1. The van der Waals surface area contributed by atoms with Crippen molar-refractivity contribution >= 4 is 56.0 Å². The van der Waals surface area contributed by atoms with Gasteiger partial charge in [-0.15, -0.1) is 11.8 Å². The molecule has 5 heteroatoms. The highest BCUT2D eigenvalue weighted by atomic mass is 79.9. The number of benzene rings is 2. The lowest BCUT2D eigenvalue weighted by Gasteiger charge is -2.08. The summed E-state index contributed by atoms with van der Waals surface area (Å²) in [5.74, 6) is -0.805. The summed E-state index contributed by atoms with van der Waals surface area (Å²) in [6, 6.07) is 9.42. The predicted molar refractivity (Wildman–Crippen MR) is 75.0 cm³/mol. The molecule has 2 aromatic carbocycles. The number of rotatable bonds is 3. The lowest BCUT2D eigenvalue weighted by Crippen LogP contribution is -1.97. The summed E-state index contributed by atoms with van der Waals surface area (Å²) in [5, 5.41) is 11.2. The van der Waals surface area contributed by atoms with Gasteiger partial charge in [-0.2, -0.15) is 0 Å². The molecule has 0 atom stereocenters. The Labute approximate surface area is 116 Å². The summed E-state index contributed by atoms with van der Waals surface area (Å²) in [6.07, 6.45) is 0. The molecule has 0 bridgehead atoms. The molecule has 0 spiro atoms. The Kier molecular flexibility index (Phi) is 3.97. The summed E-state index contributed by atoms with van der Waals surface area (Å²) < 4.78 is 0.953. The number of carboxylic acids is 1. The second-order valence-electron chi connectivity index (χ2n) is 3.39. The number of carbonyl (C=O) groups is 1. The maximum Gasteiger partial charge on any atom is 0.313 e. The fourth-order valence-corrected chi connectivity index (χ4v) is 3.16. The number of carboxylic acid groups (broad SMARTS) is 1. The van der Waals surface area contributed by atoms with Crippen LogP contribution in [0.1, 0.15) is 0 Å². The van der Waals surface area contributed by atoms with Gasteiger partial charge < -0.3 is 5.11 Å². The SMILES string of the molecule is O=C(O)CSc1ccc(Br)c2cccc(Cl)c12. The molecule has 0 heterocycles. The van der Waals surface area contributed by atoms with E-state index in [2.05, 4.69) is 15.9 Å². The summed E-state index contributed by atoms with van der Waals surface area (Å²) in [6.45, 7) is 0. The molecule has 0 aliphatic rings. The third kappa shape index (κ3) is 2.76. The molecule has 0 saturated carbocycles. The second-order valence-corrected chi connectivity index (χ2v) is 5.67. The van der Waals surface area contributed by atoms with E-state index in [1.54, 1.807) is 6.07 Å². The van der Waals surface area contributed by atoms with Crippen LogP contribution < -0.4 is 0 Å². The van der Waals surface area contributed by atoms with Gasteiger partial charge >= 0.3 is 5.97 Å². The van der Waals surface area contributed by atoms with Crippen LogP contribution in [-0.4, -0.2) is 16.8 Å². The zero-order valence-corrected chi connectivity index (χ0v) is 11.8.